The Hall–Kier alpha value is -0.850. The molecule has 0 aromatic rings. The van der Waals surface area contributed by atoms with Gasteiger partial charge in [-0.1, -0.05) is 45.1 Å². The van der Waals surface area contributed by atoms with Crippen molar-refractivity contribution < 1.29 is 4.79 Å². The van der Waals surface area contributed by atoms with Gasteiger partial charge >= 0.3 is 0 Å². The van der Waals surface area contributed by atoms with Gasteiger partial charge in [0.2, 0.25) is 0 Å². The Kier molecular flexibility index (Phi) is 7.88. The quantitative estimate of drug-likeness (QED) is 0.335. The summed E-state index contributed by atoms with van der Waals surface area (Å²) in [4.78, 5) is 10.8. The summed E-state index contributed by atoms with van der Waals surface area (Å²) < 4.78 is 0. The van der Waals surface area contributed by atoms with E-state index in [1.165, 1.54) is 0 Å². The van der Waals surface area contributed by atoms with Gasteiger partial charge in [-0.3, -0.25) is 0 Å². The lowest BCUT2D eigenvalue weighted by Crippen LogP contribution is -2.22. The van der Waals surface area contributed by atoms with Gasteiger partial charge in [0.25, 0.3) is 0 Å². The minimum absolute atomic E-state index is 0.182. The second kappa shape index (κ2) is 8.32. The molecule has 0 fully saturated rings. The maximum Gasteiger partial charge on any atom is 0.125 e. The van der Waals surface area contributed by atoms with Crippen molar-refractivity contribution in [1.29, 1.82) is 0 Å². The predicted octanol–water partition coefficient (Wildman–Crippen LogP) is 4.54. The third-order valence-corrected chi connectivity index (χ3v) is 3.24. The Balaban J connectivity index is 3.69. The molecule has 0 aromatic carbocycles. The van der Waals surface area contributed by atoms with Crippen molar-refractivity contribution in [3.05, 3.63) is 24.3 Å². The Labute approximate surface area is 101 Å². The summed E-state index contributed by atoms with van der Waals surface area (Å²) in [7, 11) is 0. The second-order valence-corrected chi connectivity index (χ2v) is 5.04. The second-order valence-electron chi connectivity index (χ2n) is 5.04. The van der Waals surface area contributed by atoms with E-state index in [4.69, 9.17) is 0 Å². The summed E-state index contributed by atoms with van der Waals surface area (Å²) >= 11 is 0. The van der Waals surface area contributed by atoms with E-state index < -0.39 is 0 Å². The Morgan fingerprint density at radius 2 is 1.62 bits per heavy atom. The zero-order valence-electron chi connectivity index (χ0n) is 11.2. The molecule has 0 rings (SSSR count). The summed E-state index contributed by atoms with van der Waals surface area (Å²) in [6.07, 6.45) is 14.2. The van der Waals surface area contributed by atoms with E-state index in [-0.39, 0.29) is 5.41 Å². The summed E-state index contributed by atoms with van der Waals surface area (Å²) in [6.45, 7) is 8.23. The molecule has 0 amide bonds. The van der Waals surface area contributed by atoms with Gasteiger partial charge in [0, 0.05) is 5.41 Å². The molecule has 0 heterocycles. The molecule has 0 saturated heterocycles. The van der Waals surface area contributed by atoms with Gasteiger partial charge in [-0.2, -0.15) is 0 Å². The molecular weight excluding hydrogens is 196 g/mol. The zero-order chi connectivity index (χ0) is 12.4. The lowest BCUT2D eigenvalue weighted by Gasteiger charge is -2.24. The number of aldehydes is 1. The fourth-order valence-corrected chi connectivity index (χ4v) is 1.43. The highest BCUT2D eigenvalue weighted by Crippen LogP contribution is 2.27. The number of carbonyl (C=O) groups is 1. The molecule has 1 atom stereocenters. The van der Waals surface area contributed by atoms with Crippen LogP contribution in [0.15, 0.2) is 24.3 Å². The first-order valence-corrected chi connectivity index (χ1v) is 6.27. The summed E-state index contributed by atoms with van der Waals surface area (Å²) in [5.74, 6) is 0.449. The first-order valence-electron chi connectivity index (χ1n) is 6.27. The maximum atomic E-state index is 10.8. The number of hydrogen-bond acceptors (Lipinski definition) is 1. The molecule has 0 aromatic heterocycles. The molecule has 1 nitrogen and oxygen atoms in total. The number of carbonyl (C=O) groups excluding carboxylic acids is 1. The molecule has 0 N–H and O–H groups in total. The van der Waals surface area contributed by atoms with Crippen LogP contribution in [0.5, 0.6) is 0 Å². The average Bonchev–Trinajstić information content (AvgIpc) is 2.27. The monoisotopic (exact) mass is 222 g/mol. The third kappa shape index (κ3) is 6.60. The summed E-state index contributed by atoms with van der Waals surface area (Å²) in [5.41, 5.74) is -0.182. The minimum atomic E-state index is -0.182. The van der Waals surface area contributed by atoms with E-state index >= 15 is 0 Å². The van der Waals surface area contributed by atoms with E-state index in [1.54, 1.807) is 0 Å². The number of rotatable bonds is 8. The van der Waals surface area contributed by atoms with Gasteiger partial charge in [-0.15, -0.1) is 0 Å². The Bertz CT molecular complexity index is 236. The molecule has 0 saturated carbocycles. The van der Waals surface area contributed by atoms with Gasteiger partial charge in [0.1, 0.15) is 6.29 Å². The van der Waals surface area contributed by atoms with Crippen LogP contribution in [0.1, 0.15) is 53.4 Å². The van der Waals surface area contributed by atoms with Crippen molar-refractivity contribution >= 4 is 6.29 Å². The van der Waals surface area contributed by atoms with Crippen molar-refractivity contribution in [3.8, 4) is 0 Å². The molecule has 1 heteroatoms. The topological polar surface area (TPSA) is 17.1 Å². The molecule has 0 bridgehead atoms. The van der Waals surface area contributed by atoms with Crippen LogP contribution >= 0.6 is 0 Å². The molecule has 0 aliphatic heterocycles. The van der Waals surface area contributed by atoms with Crippen LogP contribution in [-0.4, -0.2) is 6.29 Å². The van der Waals surface area contributed by atoms with Crippen molar-refractivity contribution in [2.45, 2.75) is 53.4 Å². The van der Waals surface area contributed by atoms with Crippen molar-refractivity contribution in [2.75, 3.05) is 0 Å². The normalized spacial score (nSPS) is 14.8. The van der Waals surface area contributed by atoms with Gasteiger partial charge < -0.3 is 4.79 Å². The van der Waals surface area contributed by atoms with E-state index in [1.807, 2.05) is 20.8 Å². The number of unbranched alkanes of at least 4 members (excludes halogenated alkanes) is 1. The first-order chi connectivity index (χ1) is 7.54. The highest BCUT2D eigenvalue weighted by molar-refractivity contribution is 5.58. The molecule has 92 valence electrons. The van der Waals surface area contributed by atoms with Crippen molar-refractivity contribution in [2.24, 2.45) is 11.3 Å². The van der Waals surface area contributed by atoms with Gasteiger partial charge in [0.15, 0.2) is 0 Å². The van der Waals surface area contributed by atoms with Crippen LogP contribution < -0.4 is 0 Å². The van der Waals surface area contributed by atoms with E-state index in [9.17, 15) is 4.79 Å². The van der Waals surface area contributed by atoms with Crippen molar-refractivity contribution in [1.82, 2.24) is 0 Å². The van der Waals surface area contributed by atoms with Gasteiger partial charge in [0.05, 0.1) is 0 Å². The Morgan fingerprint density at radius 3 is 2.19 bits per heavy atom. The minimum Gasteiger partial charge on any atom is -0.303 e. The van der Waals surface area contributed by atoms with Crippen LogP contribution in [0.4, 0.5) is 0 Å². The van der Waals surface area contributed by atoms with Crippen LogP contribution in [0.2, 0.25) is 0 Å². The van der Waals surface area contributed by atoms with Crippen molar-refractivity contribution in [3.63, 3.8) is 0 Å². The molecule has 16 heavy (non-hydrogen) atoms. The molecule has 0 spiro atoms. The summed E-state index contributed by atoms with van der Waals surface area (Å²) in [5, 5.41) is 0. The lowest BCUT2D eigenvalue weighted by atomic mass is 9.79. The fourth-order valence-electron chi connectivity index (χ4n) is 1.43. The highest BCUT2D eigenvalue weighted by Gasteiger charge is 2.23. The molecular formula is C15H26O. The molecule has 0 aliphatic carbocycles. The largest absolute Gasteiger partial charge is 0.303 e. The third-order valence-electron chi connectivity index (χ3n) is 3.24. The lowest BCUT2D eigenvalue weighted by molar-refractivity contribution is -0.116. The molecule has 0 radical (unpaired) electrons. The first kappa shape index (κ1) is 15.2. The van der Waals surface area contributed by atoms with Crippen LogP contribution in [0.3, 0.4) is 0 Å². The van der Waals surface area contributed by atoms with Gasteiger partial charge in [-0.05, 0) is 38.5 Å². The SMILES string of the molecule is C/C=C/CC/C=C/CCC(C)C(C)(C)C=O. The van der Waals surface area contributed by atoms with Crippen LogP contribution in [-0.2, 0) is 4.79 Å². The van der Waals surface area contributed by atoms with E-state index in [2.05, 4.69) is 31.2 Å². The highest BCUT2D eigenvalue weighted by atomic mass is 16.1. The Morgan fingerprint density at radius 1 is 1.06 bits per heavy atom. The van der Waals surface area contributed by atoms with Crippen LogP contribution in [0.25, 0.3) is 0 Å². The zero-order valence-corrected chi connectivity index (χ0v) is 11.2. The molecule has 1 unspecified atom stereocenters. The van der Waals surface area contributed by atoms with E-state index in [0.717, 1.165) is 32.0 Å². The standard InChI is InChI=1S/C15H26O/c1-5-6-7-8-9-10-11-12-14(2)15(3,4)13-16/h5-6,9-10,13-14H,7-8,11-12H2,1-4H3/b6-5+,10-9+. The van der Waals surface area contributed by atoms with Gasteiger partial charge in [-0.25, -0.2) is 0 Å². The maximum absolute atomic E-state index is 10.8. The molecule has 0 aliphatic rings. The fraction of sp³-hybridized carbons (Fsp3) is 0.667. The number of allylic oxidation sites excluding steroid dienone is 4. The number of hydrogen-bond donors (Lipinski definition) is 0. The van der Waals surface area contributed by atoms with Crippen LogP contribution in [0, 0.1) is 11.3 Å². The van der Waals surface area contributed by atoms with E-state index in [0.29, 0.717) is 5.92 Å². The average molecular weight is 222 g/mol. The summed E-state index contributed by atoms with van der Waals surface area (Å²) in [6, 6.07) is 0. The predicted molar refractivity (Wildman–Crippen MR) is 71.4 cm³/mol. The smallest absolute Gasteiger partial charge is 0.125 e.